The van der Waals surface area contributed by atoms with E-state index in [0.29, 0.717) is 23.7 Å². The molecule has 1 aromatic rings. The van der Waals surface area contributed by atoms with Crippen LogP contribution in [0.5, 0.6) is 0 Å². The summed E-state index contributed by atoms with van der Waals surface area (Å²) in [5, 5.41) is 2.96. The summed E-state index contributed by atoms with van der Waals surface area (Å²) in [6.07, 6.45) is 0.976. The molecule has 18 heavy (non-hydrogen) atoms. The summed E-state index contributed by atoms with van der Waals surface area (Å²) < 4.78 is 18.3. The van der Waals surface area contributed by atoms with Crippen molar-refractivity contribution in [2.45, 2.75) is 26.3 Å². The zero-order valence-corrected chi connectivity index (χ0v) is 10.7. The Morgan fingerprint density at radius 3 is 2.94 bits per heavy atom. The minimum atomic E-state index is -0.318. The summed E-state index contributed by atoms with van der Waals surface area (Å²) in [6, 6.07) is 4.28. The highest BCUT2D eigenvalue weighted by atomic mass is 19.1. The highest BCUT2D eigenvalue weighted by molar-refractivity contribution is 5.95. The van der Waals surface area contributed by atoms with Gasteiger partial charge in [-0.3, -0.25) is 4.79 Å². The average molecular weight is 251 g/mol. The van der Waals surface area contributed by atoms with Gasteiger partial charge in [0.1, 0.15) is 5.82 Å². The summed E-state index contributed by atoms with van der Waals surface area (Å²) in [6.45, 7) is 5.18. The molecule has 1 aliphatic rings. The normalized spacial score (nSPS) is 20.7. The number of amides is 1. The van der Waals surface area contributed by atoms with Gasteiger partial charge in [-0.1, -0.05) is 0 Å². The summed E-state index contributed by atoms with van der Waals surface area (Å²) in [5.74, 6) is -0.0945. The molecule has 3 nitrogen and oxygen atoms in total. The monoisotopic (exact) mass is 251 g/mol. The van der Waals surface area contributed by atoms with Crippen molar-refractivity contribution in [1.82, 2.24) is 5.32 Å². The number of nitrogens with one attached hydrogen (secondary N) is 1. The van der Waals surface area contributed by atoms with Gasteiger partial charge >= 0.3 is 0 Å². The van der Waals surface area contributed by atoms with Crippen LogP contribution in [0.2, 0.25) is 0 Å². The summed E-state index contributed by atoms with van der Waals surface area (Å²) >= 11 is 0. The second-order valence-electron chi connectivity index (χ2n) is 4.85. The average Bonchev–Trinajstić information content (AvgIpc) is 2.81. The highest BCUT2D eigenvalue weighted by Crippen LogP contribution is 2.17. The van der Waals surface area contributed by atoms with Crippen LogP contribution in [0, 0.1) is 18.7 Å². The van der Waals surface area contributed by atoms with Crippen LogP contribution in [0.1, 0.15) is 29.3 Å². The molecule has 0 aliphatic carbocycles. The van der Waals surface area contributed by atoms with Crippen LogP contribution in [0.3, 0.4) is 0 Å². The standard InChI is InChI=1S/C14H18FNO2/c1-9-7-12(15)3-4-13(9)14(17)16-10(2)11-5-6-18-8-11/h3-4,7,10-11H,5-6,8H2,1-2H3,(H,16,17). The van der Waals surface area contributed by atoms with Gasteiger partial charge in [0.15, 0.2) is 0 Å². The minimum absolute atomic E-state index is 0.0736. The molecule has 1 saturated heterocycles. The van der Waals surface area contributed by atoms with Gasteiger partial charge in [0.25, 0.3) is 5.91 Å². The number of benzene rings is 1. The fourth-order valence-corrected chi connectivity index (χ4v) is 2.23. The molecule has 0 aromatic heterocycles. The fraction of sp³-hybridized carbons (Fsp3) is 0.500. The molecule has 1 amide bonds. The van der Waals surface area contributed by atoms with Crippen molar-refractivity contribution in [2.75, 3.05) is 13.2 Å². The lowest BCUT2D eigenvalue weighted by molar-refractivity contribution is 0.0921. The minimum Gasteiger partial charge on any atom is -0.381 e. The summed E-state index contributed by atoms with van der Waals surface area (Å²) in [5.41, 5.74) is 1.18. The molecular weight excluding hydrogens is 233 g/mol. The quantitative estimate of drug-likeness (QED) is 0.895. The maximum absolute atomic E-state index is 13.0. The molecule has 1 fully saturated rings. The van der Waals surface area contributed by atoms with Crippen molar-refractivity contribution in [3.8, 4) is 0 Å². The lowest BCUT2D eigenvalue weighted by Gasteiger charge is -2.19. The molecule has 2 unspecified atom stereocenters. The zero-order chi connectivity index (χ0) is 13.1. The van der Waals surface area contributed by atoms with Gasteiger partial charge in [-0.2, -0.15) is 0 Å². The third kappa shape index (κ3) is 2.88. The van der Waals surface area contributed by atoms with Crippen molar-refractivity contribution < 1.29 is 13.9 Å². The highest BCUT2D eigenvalue weighted by Gasteiger charge is 2.24. The Kier molecular flexibility index (Phi) is 3.97. The number of carbonyl (C=O) groups excluding carboxylic acids is 1. The van der Waals surface area contributed by atoms with Gasteiger partial charge < -0.3 is 10.1 Å². The lowest BCUT2D eigenvalue weighted by Crippen LogP contribution is -2.38. The smallest absolute Gasteiger partial charge is 0.251 e. The van der Waals surface area contributed by atoms with E-state index in [-0.39, 0.29) is 17.8 Å². The van der Waals surface area contributed by atoms with E-state index in [9.17, 15) is 9.18 Å². The van der Waals surface area contributed by atoms with Crippen molar-refractivity contribution in [3.05, 3.63) is 35.1 Å². The van der Waals surface area contributed by atoms with E-state index in [0.717, 1.165) is 13.0 Å². The Balaban J connectivity index is 2.02. The number of hydrogen-bond donors (Lipinski definition) is 1. The van der Waals surface area contributed by atoms with Crippen molar-refractivity contribution >= 4 is 5.91 Å². The number of hydrogen-bond acceptors (Lipinski definition) is 2. The van der Waals surface area contributed by atoms with E-state index in [1.165, 1.54) is 18.2 Å². The van der Waals surface area contributed by atoms with E-state index in [1.54, 1.807) is 6.92 Å². The molecule has 0 bridgehead atoms. The Bertz CT molecular complexity index is 441. The molecule has 1 aromatic carbocycles. The van der Waals surface area contributed by atoms with E-state index in [4.69, 9.17) is 4.74 Å². The maximum Gasteiger partial charge on any atom is 0.251 e. The molecule has 2 atom stereocenters. The molecule has 0 saturated carbocycles. The van der Waals surface area contributed by atoms with Gasteiger partial charge in [0.2, 0.25) is 0 Å². The van der Waals surface area contributed by atoms with Gasteiger partial charge in [0, 0.05) is 24.1 Å². The van der Waals surface area contributed by atoms with Gasteiger partial charge in [0.05, 0.1) is 6.61 Å². The van der Waals surface area contributed by atoms with Crippen LogP contribution in [0.4, 0.5) is 4.39 Å². The second-order valence-corrected chi connectivity index (χ2v) is 4.85. The largest absolute Gasteiger partial charge is 0.381 e. The molecule has 98 valence electrons. The van der Waals surface area contributed by atoms with Crippen molar-refractivity contribution in [3.63, 3.8) is 0 Å². The molecule has 2 rings (SSSR count). The molecular formula is C14H18FNO2. The van der Waals surface area contributed by atoms with E-state index < -0.39 is 0 Å². The molecule has 0 radical (unpaired) electrons. The third-order valence-electron chi connectivity index (χ3n) is 3.46. The van der Waals surface area contributed by atoms with Gasteiger partial charge in [-0.25, -0.2) is 4.39 Å². The van der Waals surface area contributed by atoms with Crippen LogP contribution >= 0.6 is 0 Å². The fourth-order valence-electron chi connectivity index (χ4n) is 2.23. The van der Waals surface area contributed by atoms with Crippen molar-refractivity contribution in [2.24, 2.45) is 5.92 Å². The van der Waals surface area contributed by atoms with Crippen LogP contribution in [-0.2, 0) is 4.74 Å². The second kappa shape index (κ2) is 5.48. The summed E-state index contributed by atoms with van der Waals surface area (Å²) in [4.78, 5) is 12.1. The van der Waals surface area contributed by atoms with Crippen molar-refractivity contribution in [1.29, 1.82) is 0 Å². The predicted octanol–water partition coefficient (Wildman–Crippen LogP) is 2.29. The number of carbonyl (C=O) groups is 1. The number of ether oxygens (including phenoxy) is 1. The van der Waals surface area contributed by atoms with Crippen LogP contribution in [-0.4, -0.2) is 25.2 Å². The van der Waals surface area contributed by atoms with Gasteiger partial charge in [-0.15, -0.1) is 0 Å². The Morgan fingerprint density at radius 2 is 2.33 bits per heavy atom. The third-order valence-corrected chi connectivity index (χ3v) is 3.46. The number of rotatable bonds is 3. The first kappa shape index (κ1) is 13.0. The zero-order valence-electron chi connectivity index (χ0n) is 10.7. The number of aryl methyl sites for hydroxylation is 1. The molecule has 0 spiro atoms. The van der Waals surface area contributed by atoms with Crippen LogP contribution in [0.25, 0.3) is 0 Å². The van der Waals surface area contributed by atoms with Crippen LogP contribution in [0.15, 0.2) is 18.2 Å². The maximum atomic E-state index is 13.0. The lowest BCUT2D eigenvalue weighted by atomic mass is 10.00. The molecule has 1 heterocycles. The van der Waals surface area contributed by atoms with Crippen LogP contribution < -0.4 is 5.32 Å². The topological polar surface area (TPSA) is 38.3 Å². The first-order valence-electron chi connectivity index (χ1n) is 6.22. The molecule has 1 aliphatic heterocycles. The Hall–Kier alpha value is -1.42. The Morgan fingerprint density at radius 1 is 1.56 bits per heavy atom. The summed E-state index contributed by atoms with van der Waals surface area (Å²) in [7, 11) is 0. The van der Waals surface area contributed by atoms with E-state index >= 15 is 0 Å². The van der Waals surface area contributed by atoms with E-state index in [2.05, 4.69) is 5.32 Å². The number of halogens is 1. The first-order valence-corrected chi connectivity index (χ1v) is 6.22. The first-order chi connectivity index (χ1) is 8.58. The Labute approximate surface area is 106 Å². The van der Waals surface area contributed by atoms with E-state index in [1.807, 2.05) is 6.92 Å². The predicted molar refractivity (Wildman–Crippen MR) is 67.0 cm³/mol. The van der Waals surface area contributed by atoms with Gasteiger partial charge in [-0.05, 0) is 44.0 Å². The SMILES string of the molecule is Cc1cc(F)ccc1C(=O)NC(C)C1CCOC1. The molecule has 1 N–H and O–H groups in total. The molecule has 4 heteroatoms.